The molecule has 0 spiro atoms. The van der Waals surface area contributed by atoms with Gasteiger partial charge in [0.25, 0.3) is 5.89 Å². The molecule has 0 saturated heterocycles. The fraction of sp³-hybridized carbons (Fsp3) is 0.353. The first-order valence-corrected chi connectivity index (χ1v) is 9.69. The number of fused-ring (bicyclic) bond motifs is 1. The minimum Gasteiger partial charge on any atom is -0.397 e. The SMILES string of the molecule is Cc1nc2sc(-c3nc(C4=CCCCS4)no3)c(N)c2c(C)c1C. The molecule has 1 aliphatic heterocycles. The van der Waals surface area contributed by atoms with E-state index in [9.17, 15) is 0 Å². The van der Waals surface area contributed by atoms with E-state index in [0.717, 1.165) is 37.9 Å². The number of nitrogen functional groups attached to an aromatic ring is 1. The van der Waals surface area contributed by atoms with Gasteiger partial charge in [-0.2, -0.15) is 4.98 Å². The molecular weight excluding hydrogens is 340 g/mol. The number of allylic oxidation sites excluding steroid dienone is 1. The highest BCUT2D eigenvalue weighted by molar-refractivity contribution is 8.08. The van der Waals surface area contributed by atoms with Crippen LogP contribution in [0.1, 0.15) is 35.5 Å². The maximum atomic E-state index is 6.40. The van der Waals surface area contributed by atoms with E-state index in [4.69, 9.17) is 10.3 Å². The van der Waals surface area contributed by atoms with E-state index in [1.54, 1.807) is 11.8 Å². The summed E-state index contributed by atoms with van der Waals surface area (Å²) >= 11 is 3.29. The molecule has 0 radical (unpaired) electrons. The number of thiophene rings is 1. The first kappa shape index (κ1) is 15.7. The number of pyridine rings is 1. The molecule has 0 aliphatic carbocycles. The van der Waals surface area contributed by atoms with Crippen LogP contribution in [0.3, 0.4) is 0 Å². The predicted molar refractivity (Wildman–Crippen MR) is 101 cm³/mol. The Balaban J connectivity index is 1.83. The van der Waals surface area contributed by atoms with E-state index in [-0.39, 0.29) is 0 Å². The summed E-state index contributed by atoms with van der Waals surface area (Å²) in [7, 11) is 0. The fourth-order valence-electron chi connectivity index (χ4n) is 2.86. The Bertz CT molecular complexity index is 971. The zero-order valence-electron chi connectivity index (χ0n) is 13.8. The van der Waals surface area contributed by atoms with E-state index in [1.165, 1.54) is 28.9 Å². The molecule has 24 heavy (non-hydrogen) atoms. The summed E-state index contributed by atoms with van der Waals surface area (Å²) in [5.74, 6) is 2.23. The average molecular weight is 358 g/mol. The van der Waals surface area contributed by atoms with Crippen LogP contribution >= 0.6 is 23.1 Å². The maximum Gasteiger partial charge on any atom is 0.270 e. The Morgan fingerprint density at radius 3 is 2.75 bits per heavy atom. The average Bonchev–Trinajstić information content (AvgIpc) is 3.19. The summed E-state index contributed by atoms with van der Waals surface area (Å²) < 4.78 is 5.50. The number of nitrogens with two attached hydrogens (primary N) is 1. The Morgan fingerprint density at radius 2 is 2.00 bits per heavy atom. The Kier molecular flexibility index (Phi) is 3.85. The first-order chi connectivity index (χ1) is 11.6. The van der Waals surface area contributed by atoms with E-state index < -0.39 is 0 Å². The third-order valence-corrected chi connectivity index (χ3v) is 6.69. The lowest BCUT2D eigenvalue weighted by molar-refractivity contribution is 0.429. The van der Waals surface area contributed by atoms with Gasteiger partial charge >= 0.3 is 0 Å². The van der Waals surface area contributed by atoms with Gasteiger partial charge in [-0.3, -0.25) is 0 Å². The smallest absolute Gasteiger partial charge is 0.270 e. The number of anilines is 1. The monoisotopic (exact) mass is 358 g/mol. The minimum atomic E-state index is 0.479. The van der Waals surface area contributed by atoms with Gasteiger partial charge in [0.05, 0.1) is 10.6 Å². The molecule has 3 aromatic rings. The third kappa shape index (κ3) is 2.43. The molecule has 0 saturated carbocycles. The van der Waals surface area contributed by atoms with Crippen LogP contribution in [0, 0.1) is 20.8 Å². The Hall–Kier alpha value is -1.86. The maximum absolute atomic E-state index is 6.40. The quantitative estimate of drug-likeness (QED) is 0.714. The minimum absolute atomic E-state index is 0.479. The Morgan fingerprint density at radius 1 is 1.17 bits per heavy atom. The van der Waals surface area contributed by atoms with E-state index in [2.05, 4.69) is 35.0 Å². The van der Waals surface area contributed by atoms with Crippen LogP contribution < -0.4 is 5.73 Å². The number of hydrogen-bond acceptors (Lipinski definition) is 7. The van der Waals surface area contributed by atoms with Crippen molar-refractivity contribution in [2.75, 3.05) is 11.5 Å². The lowest BCUT2D eigenvalue weighted by Crippen LogP contribution is -1.94. The van der Waals surface area contributed by atoms with Gasteiger partial charge in [-0.15, -0.1) is 23.1 Å². The molecule has 0 aromatic carbocycles. The van der Waals surface area contributed by atoms with E-state index in [0.29, 0.717) is 17.4 Å². The van der Waals surface area contributed by atoms with Crippen molar-refractivity contribution < 1.29 is 4.52 Å². The highest BCUT2D eigenvalue weighted by atomic mass is 32.2. The second-order valence-corrected chi connectivity index (χ2v) is 8.09. The molecule has 0 bridgehead atoms. The molecule has 1 aliphatic rings. The van der Waals surface area contributed by atoms with Gasteiger partial charge in [-0.1, -0.05) is 11.2 Å². The first-order valence-electron chi connectivity index (χ1n) is 7.89. The van der Waals surface area contributed by atoms with E-state index in [1.807, 2.05) is 6.92 Å². The normalized spacial score (nSPS) is 15.0. The van der Waals surface area contributed by atoms with Gasteiger partial charge in [0.1, 0.15) is 9.71 Å². The van der Waals surface area contributed by atoms with Crippen molar-refractivity contribution in [2.45, 2.75) is 33.6 Å². The van der Waals surface area contributed by atoms with Gasteiger partial charge in [0.15, 0.2) is 0 Å². The van der Waals surface area contributed by atoms with Crippen LogP contribution in [-0.4, -0.2) is 20.9 Å². The molecule has 3 aromatic heterocycles. The molecule has 0 unspecified atom stereocenters. The van der Waals surface area contributed by atoms with Crippen LogP contribution in [0.15, 0.2) is 10.6 Å². The summed E-state index contributed by atoms with van der Waals surface area (Å²) in [6, 6.07) is 0. The number of thioether (sulfide) groups is 1. The molecule has 0 amide bonds. The number of nitrogens with zero attached hydrogens (tertiary/aromatic N) is 3. The van der Waals surface area contributed by atoms with Gasteiger partial charge in [-0.25, -0.2) is 4.98 Å². The Labute approximate surface area is 148 Å². The fourth-order valence-corrected chi connectivity index (χ4v) is 4.96. The van der Waals surface area contributed by atoms with E-state index >= 15 is 0 Å². The van der Waals surface area contributed by atoms with Crippen LogP contribution in [0.4, 0.5) is 5.69 Å². The zero-order valence-corrected chi connectivity index (χ0v) is 15.5. The molecular formula is C17H18N4OS2. The van der Waals surface area contributed by atoms with Gasteiger partial charge in [-0.05, 0) is 50.5 Å². The number of rotatable bonds is 2. The van der Waals surface area contributed by atoms with Crippen molar-refractivity contribution >= 4 is 43.9 Å². The number of aromatic nitrogens is 3. The topological polar surface area (TPSA) is 77.8 Å². The summed E-state index contributed by atoms with van der Waals surface area (Å²) in [4.78, 5) is 12.1. The summed E-state index contributed by atoms with van der Waals surface area (Å²) in [6.45, 7) is 6.18. The van der Waals surface area contributed by atoms with Crippen molar-refractivity contribution in [2.24, 2.45) is 0 Å². The van der Waals surface area contributed by atoms with Crippen LogP contribution in [-0.2, 0) is 0 Å². The summed E-state index contributed by atoms with van der Waals surface area (Å²) in [5.41, 5.74) is 10.5. The molecule has 7 heteroatoms. The van der Waals surface area contributed by atoms with Crippen molar-refractivity contribution in [3.63, 3.8) is 0 Å². The predicted octanol–water partition coefficient (Wildman–Crippen LogP) is 4.72. The molecule has 0 atom stereocenters. The van der Waals surface area contributed by atoms with Gasteiger partial charge in [0, 0.05) is 11.1 Å². The van der Waals surface area contributed by atoms with Crippen molar-refractivity contribution in [1.29, 1.82) is 0 Å². The zero-order chi connectivity index (χ0) is 16.8. The number of aryl methyl sites for hydroxylation is 2. The molecule has 2 N–H and O–H groups in total. The van der Waals surface area contributed by atoms with Crippen molar-refractivity contribution in [3.05, 3.63) is 28.7 Å². The lowest BCUT2D eigenvalue weighted by Gasteiger charge is -2.07. The molecule has 4 heterocycles. The second kappa shape index (κ2) is 5.89. The summed E-state index contributed by atoms with van der Waals surface area (Å²) in [5, 5.41) is 5.14. The molecule has 4 rings (SSSR count). The summed E-state index contributed by atoms with van der Waals surface area (Å²) in [6.07, 6.45) is 4.44. The largest absolute Gasteiger partial charge is 0.397 e. The van der Waals surface area contributed by atoms with Crippen LogP contribution in [0.25, 0.3) is 25.9 Å². The van der Waals surface area contributed by atoms with Crippen LogP contribution in [0.5, 0.6) is 0 Å². The second-order valence-electron chi connectivity index (χ2n) is 5.95. The molecule has 124 valence electrons. The lowest BCUT2D eigenvalue weighted by atomic mass is 10.1. The molecule has 5 nitrogen and oxygen atoms in total. The third-order valence-electron chi connectivity index (χ3n) is 4.45. The molecule has 0 fully saturated rings. The van der Waals surface area contributed by atoms with Gasteiger partial charge < -0.3 is 10.3 Å². The van der Waals surface area contributed by atoms with Crippen molar-refractivity contribution in [3.8, 4) is 10.8 Å². The standard InChI is InChI=1S/C17H18N4OS2/c1-8-9(2)12-13(18)14(24-17(12)19-10(8)3)16-20-15(21-22-16)11-6-4-5-7-23-11/h6H,4-5,7,18H2,1-3H3. The highest BCUT2D eigenvalue weighted by Gasteiger charge is 2.22. The van der Waals surface area contributed by atoms with Crippen molar-refractivity contribution in [1.82, 2.24) is 15.1 Å². The highest BCUT2D eigenvalue weighted by Crippen LogP contribution is 2.42. The van der Waals surface area contributed by atoms with Gasteiger partial charge in [0.2, 0.25) is 5.82 Å². The van der Waals surface area contributed by atoms with Crippen LogP contribution in [0.2, 0.25) is 0 Å². The number of hydrogen-bond donors (Lipinski definition) is 1.